The van der Waals surface area contributed by atoms with E-state index in [1.165, 1.54) is 31.2 Å². The van der Waals surface area contributed by atoms with Crippen molar-refractivity contribution in [2.45, 2.75) is 18.0 Å². The molecule has 0 N–H and O–H groups in total. The van der Waals surface area contributed by atoms with Gasteiger partial charge in [-0.2, -0.15) is 21.6 Å². The summed E-state index contributed by atoms with van der Waals surface area (Å²) in [6.07, 6.45) is -4.92. The van der Waals surface area contributed by atoms with Gasteiger partial charge in [-0.3, -0.25) is 4.79 Å². The highest BCUT2D eigenvalue weighted by atomic mass is 35.5. The molecule has 2 rings (SSSR count). The summed E-state index contributed by atoms with van der Waals surface area (Å²) in [7, 11) is -4.74. The predicted octanol–water partition coefficient (Wildman–Crippen LogP) is 4.33. The van der Waals surface area contributed by atoms with E-state index in [2.05, 4.69) is 0 Å². The fourth-order valence-corrected chi connectivity index (χ4v) is 3.16. The quantitative estimate of drug-likeness (QED) is 0.587. The van der Waals surface area contributed by atoms with E-state index >= 15 is 0 Å². The Bertz CT molecular complexity index is 875. The van der Waals surface area contributed by atoms with Crippen molar-refractivity contribution >= 4 is 27.5 Å². The molecule has 0 atom stereocenters. The van der Waals surface area contributed by atoms with Gasteiger partial charge in [0.05, 0.1) is 5.56 Å². The van der Waals surface area contributed by atoms with Crippen molar-refractivity contribution in [2.75, 3.05) is 0 Å². The van der Waals surface area contributed by atoms with Crippen LogP contribution in [0.15, 0.2) is 47.4 Å². The van der Waals surface area contributed by atoms with Gasteiger partial charge in [-0.15, -0.1) is 0 Å². The second-order valence-electron chi connectivity index (χ2n) is 4.76. The zero-order chi connectivity index (χ0) is 18.1. The molecular formula is C15H10ClF3O4S. The normalized spacial score (nSPS) is 12.0. The summed E-state index contributed by atoms with van der Waals surface area (Å²) in [4.78, 5) is 10.1. The van der Waals surface area contributed by atoms with Gasteiger partial charge in [-0.25, -0.2) is 0 Å². The fraction of sp³-hybridized carbons (Fsp3) is 0.133. The number of ketones is 1. The summed E-state index contributed by atoms with van der Waals surface area (Å²) in [6.45, 7) is 1.32. The van der Waals surface area contributed by atoms with Crippen LogP contribution >= 0.6 is 11.6 Å². The molecule has 2 aromatic carbocycles. The molecule has 0 fully saturated rings. The number of halogens is 4. The van der Waals surface area contributed by atoms with Crippen molar-refractivity contribution in [3.05, 3.63) is 58.6 Å². The number of hydrogen-bond donors (Lipinski definition) is 0. The molecule has 0 amide bonds. The summed E-state index contributed by atoms with van der Waals surface area (Å²) in [6, 6.07) is 7.22. The zero-order valence-corrected chi connectivity index (χ0v) is 13.7. The van der Waals surface area contributed by atoms with Crippen LogP contribution < -0.4 is 4.18 Å². The number of hydrogen-bond acceptors (Lipinski definition) is 4. The lowest BCUT2D eigenvalue weighted by atomic mass is 10.1. The van der Waals surface area contributed by atoms with Crippen LogP contribution in [0.25, 0.3) is 0 Å². The molecule has 0 aliphatic rings. The Morgan fingerprint density at radius 3 is 2.17 bits per heavy atom. The molecule has 2 aromatic rings. The average molecular weight is 379 g/mol. The van der Waals surface area contributed by atoms with Gasteiger partial charge in [0.25, 0.3) is 0 Å². The van der Waals surface area contributed by atoms with E-state index in [1.807, 2.05) is 0 Å². The third-order valence-electron chi connectivity index (χ3n) is 2.98. The predicted molar refractivity (Wildman–Crippen MR) is 80.7 cm³/mol. The Hall–Kier alpha value is -2.06. The third kappa shape index (κ3) is 4.07. The monoisotopic (exact) mass is 378 g/mol. The summed E-state index contributed by atoms with van der Waals surface area (Å²) >= 11 is 5.51. The Labute approximate surface area is 140 Å². The summed E-state index contributed by atoms with van der Waals surface area (Å²) < 4.78 is 68.1. The maximum absolute atomic E-state index is 13.0. The van der Waals surface area contributed by atoms with Crippen molar-refractivity contribution in [1.82, 2.24) is 0 Å². The van der Waals surface area contributed by atoms with Gasteiger partial charge in [0, 0.05) is 10.6 Å². The van der Waals surface area contributed by atoms with Crippen LogP contribution in [0.4, 0.5) is 13.2 Å². The second kappa shape index (κ2) is 6.45. The van der Waals surface area contributed by atoms with Gasteiger partial charge in [0.2, 0.25) is 0 Å². The minimum atomic E-state index is -4.92. The number of carbonyl (C=O) groups is 1. The molecule has 0 bridgehead atoms. The fourth-order valence-electron chi connectivity index (χ4n) is 1.86. The molecule has 0 aromatic heterocycles. The SMILES string of the molecule is CC(=O)c1ccc(OS(=O)(=O)c2ccc(Cl)cc2C(F)(F)F)cc1. The Morgan fingerprint density at radius 1 is 1.08 bits per heavy atom. The Balaban J connectivity index is 2.43. The minimum absolute atomic E-state index is 0.219. The number of benzene rings is 2. The van der Waals surface area contributed by atoms with Gasteiger partial charge in [-0.05, 0) is 49.4 Å². The highest BCUT2D eigenvalue weighted by molar-refractivity contribution is 7.87. The second-order valence-corrected chi connectivity index (χ2v) is 6.71. The molecule has 0 saturated heterocycles. The molecule has 0 radical (unpaired) electrons. The number of alkyl halides is 3. The average Bonchev–Trinajstić information content (AvgIpc) is 2.46. The molecule has 0 spiro atoms. The van der Waals surface area contributed by atoms with Crippen LogP contribution in [0.1, 0.15) is 22.8 Å². The lowest BCUT2D eigenvalue weighted by Crippen LogP contribution is -2.17. The van der Waals surface area contributed by atoms with Crippen LogP contribution in [0.2, 0.25) is 5.02 Å². The van der Waals surface area contributed by atoms with Crippen LogP contribution in [0.3, 0.4) is 0 Å². The smallest absolute Gasteiger partial charge is 0.379 e. The first-order valence-corrected chi connectivity index (χ1v) is 8.21. The van der Waals surface area contributed by atoms with E-state index in [9.17, 15) is 26.4 Å². The van der Waals surface area contributed by atoms with Gasteiger partial charge in [-0.1, -0.05) is 11.6 Å². The summed E-state index contributed by atoms with van der Waals surface area (Å²) in [5, 5.41) is -0.257. The maximum Gasteiger partial charge on any atom is 0.417 e. The van der Waals surface area contributed by atoms with E-state index in [4.69, 9.17) is 15.8 Å². The van der Waals surface area contributed by atoms with Gasteiger partial charge in [0.15, 0.2) is 5.78 Å². The van der Waals surface area contributed by atoms with Crippen LogP contribution in [-0.4, -0.2) is 14.2 Å². The molecule has 0 saturated carbocycles. The zero-order valence-electron chi connectivity index (χ0n) is 12.1. The van der Waals surface area contributed by atoms with E-state index in [0.717, 1.165) is 12.1 Å². The lowest BCUT2D eigenvalue weighted by Gasteiger charge is -2.14. The van der Waals surface area contributed by atoms with Crippen LogP contribution in [0, 0.1) is 0 Å². The van der Waals surface area contributed by atoms with E-state index < -0.39 is 26.8 Å². The molecule has 4 nitrogen and oxygen atoms in total. The molecule has 0 aliphatic heterocycles. The Kier molecular flexibility index (Phi) is 4.91. The first kappa shape index (κ1) is 18.3. The van der Waals surface area contributed by atoms with Crippen molar-refractivity contribution in [2.24, 2.45) is 0 Å². The molecule has 24 heavy (non-hydrogen) atoms. The molecule has 0 aliphatic carbocycles. The number of carbonyl (C=O) groups excluding carboxylic acids is 1. The minimum Gasteiger partial charge on any atom is -0.379 e. The topological polar surface area (TPSA) is 60.4 Å². The highest BCUT2D eigenvalue weighted by Crippen LogP contribution is 2.36. The molecule has 128 valence electrons. The van der Waals surface area contributed by atoms with Crippen LogP contribution in [-0.2, 0) is 16.3 Å². The van der Waals surface area contributed by atoms with Crippen molar-refractivity contribution < 1.29 is 30.6 Å². The van der Waals surface area contributed by atoms with Gasteiger partial charge >= 0.3 is 16.3 Å². The number of Topliss-reactive ketones (excluding diaryl/α,β-unsaturated/α-hetero) is 1. The van der Waals surface area contributed by atoms with Gasteiger partial charge in [0.1, 0.15) is 10.6 Å². The van der Waals surface area contributed by atoms with Crippen molar-refractivity contribution in [3.8, 4) is 5.75 Å². The molecule has 0 heterocycles. The molecule has 0 unspecified atom stereocenters. The first-order valence-electron chi connectivity index (χ1n) is 6.43. The Morgan fingerprint density at radius 2 is 1.67 bits per heavy atom. The standard InChI is InChI=1S/C15H10ClF3O4S/c1-9(20)10-2-5-12(6-3-10)23-24(21,22)14-7-4-11(16)8-13(14)15(17,18)19/h2-8H,1H3. The van der Waals surface area contributed by atoms with Crippen molar-refractivity contribution in [1.29, 1.82) is 0 Å². The van der Waals surface area contributed by atoms with E-state index in [0.29, 0.717) is 11.6 Å². The summed E-state index contributed by atoms with van der Waals surface area (Å²) in [5.41, 5.74) is -1.11. The van der Waals surface area contributed by atoms with E-state index in [-0.39, 0.29) is 16.6 Å². The lowest BCUT2D eigenvalue weighted by molar-refractivity contribution is -0.139. The largest absolute Gasteiger partial charge is 0.417 e. The third-order valence-corrected chi connectivity index (χ3v) is 4.52. The maximum atomic E-state index is 13.0. The van der Waals surface area contributed by atoms with Gasteiger partial charge < -0.3 is 4.18 Å². The summed E-state index contributed by atoms with van der Waals surface area (Å²) in [5.74, 6) is -0.468. The highest BCUT2D eigenvalue weighted by Gasteiger charge is 2.38. The first-order chi connectivity index (χ1) is 11.0. The molecular weight excluding hydrogens is 369 g/mol. The number of rotatable bonds is 4. The molecule has 9 heteroatoms. The van der Waals surface area contributed by atoms with Crippen LogP contribution in [0.5, 0.6) is 5.75 Å². The van der Waals surface area contributed by atoms with E-state index in [1.54, 1.807) is 0 Å². The van der Waals surface area contributed by atoms with Crippen molar-refractivity contribution in [3.63, 3.8) is 0 Å².